The van der Waals surface area contributed by atoms with Gasteiger partial charge in [0.05, 0.1) is 6.10 Å². The summed E-state index contributed by atoms with van der Waals surface area (Å²) in [6.07, 6.45) is 9.88. The van der Waals surface area contributed by atoms with Crippen molar-refractivity contribution in [1.82, 2.24) is 0 Å². The maximum Gasteiger partial charge on any atom is 0.0596 e. The molecule has 0 amide bonds. The van der Waals surface area contributed by atoms with Crippen molar-refractivity contribution in [2.75, 3.05) is 0 Å². The van der Waals surface area contributed by atoms with E-state index in [9.17, 15) is 5.11 Å². The van der Waals surface area contributed by atoms with Gasteiger partial charge in [-0.1, -0.05) is 20.8 Å². The largest absolute Gasteiger partial charge is 0.393 e. The number of aliphatic hydroxyl groups is 1. The minimum Gasteiger partial charge on any atom is -0.393 e. The van der Waals surface area contributed by atoms with Gasteiger partial charge in [-0.15, -0.1) is 0 Å². The molecule has 4 saturated carbocycles. The number of aliphatic hydroxyl groups excluding tert-OH is 1. The van der Waals surface area contributed by atoms with Crippen molar-refractivity contribution in [2.45, 2.75) is 78.2 Å². The van der Waals surface area contributed by atoms with E-state index in [1.165, 1.54) is 44.2 Å². The Morgan fingerprint density at radius 3 is 2.52 bits per heavy atom. The molecule has 0 radical (unpaired) electrons. The van der Waals surface area contributed by atoms with Gasteiger partial charge in [0.1, 0.15) is 0 Å². The minimum atomic E-state index is -0.0553. The average molecular weight is 319 g/mol. The number of nitrogens with two attached hydrogens (primary N) is 1. The van der Waals surface area contributed by atoms with Crippen LogP contribution in [0.25, 0.3) is 0 Å². The summed E-state index contributed by atoms with van der Waals surface area (Å²) in [5, 5.41) is 14.7. The van der Waals surface area contributed by atoms with Gasteiger partial charge in [0.15, 0.2) is 0 Å². The fraction of sp³-hybridized carbons (Fsp3) is 0.950. The molecular weight excluding hydrogens is 284 g/mol. The third kappa shape index (κ3) is 2.08. The molecule has 0 aromatic carbocycles. The summed E-state index contributed by atoms with van der Waals surface area (Å²) >= 11 is 0. The van der Waals surface area contributed by atoms with Gasteiger partial charge in [-0.05, 0) is 91.8 Å². The number of hydrazone groups is 1. The zero-order valence-electron chi connectivity index (χ0n) is 15.1. The lowest BCUT2D eigenvalue weighted by atomic mass is 9.44. The van der Waals surface area contributed by atoms with E-state index in [1.807, 2.05) is 0 Å². The van der Waals surface area contributed by atoms with Crippen LogP contribution < -0.4 is 5.84 Å². The van der Waals surface area contributed by atoms with Crippen LogP contribution in [0.15, 0.2) is 5.10 Å². The van der Waals surface area contributed by atoms with Gasteiger partial charge in [0, 0.05) is 5.71 Å². The molecule has 0 heterocycles. The molecule has 0 saturated heterocycles. The van der Waals surface area contributed by atoms with Crippen molar-refractivity contribution in [2.24, 2.45) is 51.4 Å². The van der Waals surface area contributed by atoms with Crippen LogP contribution >= 0.6 is 0 Å². The normalized spacial score (nSPS) is 57.7. The Kier molecular flexibility index (Phi) is 3.61. The van der Waals surface area contributed by atoms with Crippen molar-refractivity contribution in [3.05, 3.63) is 0 Å². The number of hydrogen-bond donors (Lipinski definition) is 2. The summed E-state index contributed by atoms with van der Waals surface area (Å²) in [6.45, 7) is 7.28. The Hall–Kier alpha value is -0.570. The highest BCUT2D eigenvalue weighted by molar-refractivity contribution is 5.87. The molecule has 0 aliphatic heterocycles. The number of fused-ring (bicyclic) bond motifs is 5. The first-order valence-electron chi connectivity index (χ1n) is 9.85. The summed E-state index contributed by atoms with van der Waals surface area (Å²) in [5.41, 5.74) is 1.92. The van der Waals surface area contributed by atoms with E-state index >= 15 is 0 Å². The van der Waals surface area contributed by atoms with Gasteiger partial charge in [0.2, 0.25) is 0 Å². The van der Waals surface area contributed by atoms with Gasteiger partial charge in [0.25, 0.3) is 0 Å². The molecule has 0 spiro atoms. The van der Waals surface area contributed by atoms with Crippen molar-refractivity contribution in [1.29, 1.82) is 0 Å². The number of rotatable bonds is 0. The van der Waals surface area contributed by atoms with Gasteiger partial charge in [-0.2, -0.15) is 5.10 Å². The highest BCUT2D eigenvalue weighted by Gasteiger charge is 2.60. The average Bonchev–Trinajstić information content (AvgIpc) is 2.82. The third-order valence-corrected chi connectivity index (χ3v) is 8.95. The quantitative estimate of drug-likeness (QED) is 0.525. The van der Waals surface area contributed by atoms with Gasteiger partial charge in [-0.25, -0.2) is 0 Å². The molecule has 3 heteroatoms. The van der Waals surface area contributed by atoms with Crippen LogP contribution in [0.2, 0.25) is 0 Å². The van der Waals surface area contributed by atoms with E-state index in [0.29, 0.717) is 11.3 Å². The van der Waals surface area contributed by atoms with E-state index in [0.717, 1.165) is 36.5 Å². The molecule has 3 N–H and O–H groups in total. The molecule has 0 aromatic rings. The van der Waals surface area contributed by atoms with Crippen molar-refractivity contribution in [3.63, 3.8) is 0 Å². The topological polar surface area (TPSA) is 58.6 Å². The van der Waals surface area contributed by atoms with Gasteiger partial charge >= 0.3 is 0 Å². The fourth-order valence-electron chi connectivity index (χ4n) is 7.57. The van der Waals surface area contributed by atoms with Crippen LogP contribution in [-0.4, -0.2) is 16.9 Å². The van der Waals surface area contributed by atoms with Crippen molar-refractivity contribution >= 4 is 5.71 Å². The Bertz CT molecular complexity index is 518. The minimum absolute atomic E-state index is 0.0553. The van der Waals surface area contributed by atoms with E-state index in [4.69, 9.17) is 5.84 Å². The molecule has 0 bridgehead atoms. The predicted molar refractivity (Wildman–Crippen MR) is 93.9 cm³/mol. The highest BCUT2D eigenvalue weighted by Crippen LogP contribution is 2.66. The number of hydrogen-bond acceptors (Lipinski definition) is 3. The Labute approximate surface area is 141 Å². The summed E-state index contributed by atoms with van der Waals surface area (Å²) in [6, 6.07) is 0. The molecule has 4 aliphatic carbocycles. The van der Waals surface area contributed by atoms with Crippen LogP contribution in [0.4, 0.5) is 0 Å². The monoisotopic (exact) mass is 318 g/mol. The molecule has 8 atom stereocenters. The fourth-order valence-corrected chi connectivity index (χ4v) is 7.57. The zero-order chi connectivity index (χ0) is 16.4. The second-order valence-corrected chi connectivity index (χ2v) is 9.72. The van der Waals surface area contributed by atoms with E-state index in [1.54, 1.807) is 0 Å². The maximum absolute atomic E-state index is 10.5. The molecular formula is C20H34N2O. The van der Waals surface area contributed by atoms with E-state index in [2.05, 4.69) is 25.9 Å². The van der Waals surface area contributed by atoms with Crippen molar-refractivity contribution in [3.8, 4) is 0 Å². The van der Waals surface area contributed by atoms with E-state index < -0.39 is 0 Å². The second-order valence-electron chi connectivity index (χ2n) is 9.72. The van der Waals surface area contributed by atoms with Gasteiger partial charge < -0.3 is 10.9 Å². The summed E-state index contributed by atoms with van der Waals surface area (Å²) in [7, 11) is 0. The molecule has 4 fully saturated rings. The Morgan fingerprint density at radius 1 is 1.04 bits per heavy atom. The lowest BCUT2D eigenvalue weighted by molar-refractivity contribution is -0.116. The SMILES string of the molecule is CC1CC2(C)C(CCC3C4CCC(O)C4(C)CCC32)C/C1=N\N. The Morgan fingerprint density at radius 2 is 1.78 bits per heavy atom. The molecule has 8 unspecified atom stereocenters. The first-order chi connectivity index (χ1) is 10.9. The third-order valence-electron chi connectivity index (χ3n) is 8.95. The molecule has 4 rings (SSSR count). The summed E-state index contributed by atoms with van der Waals surface area (Å²) in [4.78, 5) is 0. The van der Waals surface area contributed by atoms with Crippen LogP contribution in [0.1, 0.15) is 72.1 Å². The smallest absolute Gasteiger partial charge is 0.0596 e. The lowest BCUT2D eigenvalue weighted by Gasteiger charge is -2.61. The lowest BCUT2D eigenvalue weighted by Crippen LogP contribution is -2.55. The van der Waals surface area contributed by atoms with Crippen LogP contribution in [0.5, 0.6) is 0 Å². The zero-order valence-corrected chi connectivity index (χ0v) is 15.1. The highest BCUT2D eigenvalue weighted by atomic mass is 16.3. The van der Waals surface area contributed by atoms with E-state index in [-0.39, 0.29) is 11.5 Å². The van der Waals surface area contributed by atoms with Crippen LogP contribution in [-0.2, 0) is 0 Å². The molecule has 130 valence electrons. The van der Waals surface area contributed by atoms with Crippen molar-refractivity contribution < 1.29 is 5.11 Å². The predicted octanol–water partition coefficient (Wildman–Crippen LogP) is 3.95. The molecule has 0 aromatic heterocycles. The number of nitrogens with zero attached hydrogens (tertiary/aromatic N) is 1. The maximum atomic E-state index is 10.5. The first-order valence-corrected chi connectivity index (χ1v) is 9.85. The first kappa shape index (κ1) is 15.9. The molecule has 3 nitrogen and oxygen atoms in total. The standard InChI is InChI=1S/C20H34N2O/c1-12-11-20(3)13(10-17(12)22-21)4-5-14-15-6-7-18(23)19(15,2)9-8-16(14)20/h12-16,18,23H,4-11,21H2,1-3H3/b22-17+. The molecule has 23 heavy (non-hydrogen) atoms. The Balaban J connectivity index is 1.63. The van der Waals surface area contributed by atoms with Crippen LogP contribution in [0, 0.1) is 40.4 Å². The van der Waals surface area contributed by atoms with Gasteiger partial charge in [-0.3, -0.25) is 0 Å². The van der Waals surface area contributed by atoms with Crippen LogP contribution in [0.3, 0.4) is 0 Å². The molecule has 4 aliphatic rings. The summed E-state index contributed by atoms with van der Waals surface area (Å²) < 4.78 is 0. The second kappa shape index (κ2) is 5.21. The summed E-state index contributed by atoms with van der Waals surface area (Å²) in [5.74, 6) is 9.43.